The lowest BCUT2D eigenvalue weighted by Gasteiger charge is -2.18. The van der Waals surface area contributed by atoms with Crippen molar-refractivity contribution in [1.29, 1.82) is 0 Å². The lowest BCUT2D eigenvalue weighted by atomic mass is 10.0. The third-order valence-electron chi connectivity index (χ3n) is 2.89. The average Bonchev–Trinajstić information content (AvgIpc) is 2.98. The fourth-order valence-corrected chi connectivity index (χ4v) is 1.93. The summed E-state index contributed by atoms with van der Waals surface area (Å²) < 4.78 is 5.26. The van der Waals surface area contributed by atoms with Crippen molar-refractivity contribution in [3.8, 4) is 11.6 Å². The quantitative estimate of drug-likeness (QED) is 0.763. The molecular formula is C9H12N6O. The maximum absolute atomic E-state index is 5.26. The Morgan fingerprint density at radius 3 is 3.12 bits per heavy atom. The van der Waals surface area contributed by atoms with Crippen molar-refractivity contribution < 1.29 is 4.52 Å². The normalized spacial score (nSPS) is 25.1. The van der Waals surface area contributed by atoms with Gasteiger partial charge < -0.3 is 9.84 Å². The van der Waals surface area contributed by atoms with E-state index in [0.29, 0.717) is 17.5 Å². The molecule has 16 heavy (non-hydrogen) atoms. The van der Waals surface area contributed by atoms with Gasteiger partial charge >= 0.3 is 0 Å². The molecule has 0 radical (unpaired) electrons. The van der Waals surface area contributed by atoms with Crippen LogP contribution in [0.4, 0.5) is 0 Å². The van der Waals surface area contributed by atoms with E-state index in [-0.39, 0.29) is 5.54 Å². The molecule has 0 amide bonds. The molecule has 2 aromatic heterocycles. The Labute approximate surface area is 91.7 Å². The van der Waals surface area contributed by atoms with E-state index in [1.54, 1.807) is 0 Å². The van der Waals surface area contributed by atoms with Crippen LogP contribution in [-0.2, 0) is 5.54 Å². The summed E-state index contributed by atoms with van der Waals surface area (Å²) in [6.07, 6.45) is 3.54. The molecule has 3 rings (SSSR count). The molecule has 1 aliphatic rings. The Kier molecular flexibility index (Phi) is 2.00. The first-order valence-corrected chi connectivity index (χ1v) is 5.23. The summed E-state index contributed by atoms with van der Waals surface area (Å²) in [6, 6.07) is 0. The largest absolute Gasteiger partial charge is 0.337 e. The first kappa shape index (κ1) is 9.46. The molecule has 3 heterocycles. The van der Waals surface area contributed by atoms with Crippen molar-refractivity contribution in [2.24, 2.45) is 0 Å². The van der Waals surface area contributed by atoms with E-state index in [4.69, 9.17) is 4.52 Å². The maximum atomic E-state index is 5.26. The minimum absolute atomic E-state index is 0.203. The Balaban J connectivity index is 1.93. The zero-order chi connectivity index (χ0) is 11.0. The van der Waals surface area contributed by atoms with Gasteiger partial charge in [0.2, 0.25) is 11.7 Å². The summed E-state index contributed by atoms with van der Waals surface area (Å²) >= 11 is 0. The second-order valence-electron chi connectivity index (χ2n) is 4.12. The summed E-state index contributed by atoms with van der Waals surface area (Å²) in [7, 11) is 0. The second-order valence-corrected chi connectivity index (χ2v) is 4.12. The van der Waals surface area contributed by atoms with Gasteiger partial charge in [0.05, 0.1) is 5.54 Å². The molecule has 1 aliphatic heterocycles. The van der Waals surface area contributed by atoms with Gasteiger partial charge in [-0.2, -0.15) is 10.1 Å². The van der Waals surface area contributed by atoms with E-state index in [2.05, 4.69) is 37.6 Å². The Hall–Kier alpha value is -1.76. The molecule has 7 heteroatoms. The molecule has 2 N–H and O–H groups in total. The van der Waals surface area contributed by atoms with Crippen LogP contribution < -0.4 is 5.32 Å². The molecule has 1 fully saturated rings. The minimum Gasteiger partial charge on any atom is -0.337 e. The van der Waals surface area contributed by atoms with Gasteiger partial charge in [-0.1, -0.05) is 5.16 Å². The van der Waals surface area contributed by atoms with Crippen molar-refractivity contribution >= 4 is 0 Å². The lowest BCUT2D eigenvalue weighted by molar-refractivity contribution is 0.275. The van der Waals surface area contributed by atoms with E-state index in [1.165, 1.54) is 6.33 Å². The van der Waals surface area contributed by atoms with Crippen molar-refractivity contribution in [3.05, 3.63) is 12.2 Å². The number of rotatable bonds is 2. The Bertz CT molecular complexity index is 470. The Morgan fingerprint density at radius 1 is 1.50 bits per heavy atom. The zero-order valence-electron chi connectivity index (χ0n) is 8.90. The summed E-state index contributed by atoms with van der Waals surface area (Å²) in [4.78, 5) is 8.31. The molecule has 0 aliphatic carbocycles. The highest BCUT2D eigenvalue weighted by molar-refractivity contribution is 5.40. The topological polar surface area (TPSA) is 92.5 Å². The second kappa shape index (κ2) is 3.38. The number of nitrogens with zero attached hydrogens (tertiary/aromatic N) is 4. The van der Waals surface area contributed by atoms with Gasteiger partial charge in [0.25, 0.3) is 0 Å². The number of hydrogen-bond acceptors (Lipinski definition) is 6. The lowest BCUT2D eigenvalue weighted by Crippen LogP contribution is -2.33. The first-order valence-electron chi connectivity index (χ1n) is 5.23. The smallest absolute Gasteiger partial charge is 0.247 e. The van der Waals surface area contributed by atoms with Gasteiger partial charge in [-0.25, -0.2) is 4.98 Å². The van der Waals surface area contributed by atoms with Gasteiger partial charge in [0.15, 0.2) is 5.82 Å². The molecule has 1 atom stereocenters. The number of nitrogens with one attached hydrogen (secondary N) is 2. The molecule has 0 aromatic carbocycles. The zero-order valence-corrected chi connectivity index (χ0v) is 8.90. The van der Waals surface area contributed by atoms with E-state index in [1.807, 2.05) is 0 Å². The molecule has 0 bridgehead atoms. The highest BCUT2D eigenvalue weighted by atomic mass is 16.5. The van der Waals surface area contributed by atoms with Crippen LogP contribution in [0.5, 0.6) is 0 Å². The Morgan fingerprint density at radius 2 is 2.44 bits per heavy atom. The molecule has 0 spiro atoms. The van der Waals surface area contributed by atoms with Crippen LogP contribution in [0.1, 0.15) is 25.7 Å². The van der Waals surface area contributed by atoms with Crippen molar-refractivity contribution in [1.82, 2.24) is 30.6 Å². The van der Waals surface area contributed by atoms with Gasteiger partial charge in [-0.15, -0.1) is 0 Å². The molecule has 0 saturated carbocycles. The molecule has 1 unspecified atom stereocenters. The van der Waals surface area contributed by atoms with E-state index in [9.17, 15) is 0 Å². The third-order valence-corrected chi connectivity index (χ3v) is 2.89. The van der Waals surface area contributed by atoms with E-state index < -0.39 is 0 Å². The summed E-state index contributed by atoms with van der Waals surface area (Å²) in [5, 5.41) is 13.7. The fourth-order valence-electron chi connectivity index (χ4n) is 1.93. The van der Waals surface area contributed by atoms with Gasteiger partial charge in [0.1, 0.15) is 6.33 Å². The molecular weight excluding hydrogens is 208 g/mol. The van der Waals surface area contributed by atoms with Crippen molar-refractivity contribution in [2.75, 3.05) is 6.54 Å². The van der Waals surface area contributed by atoms with Crippen LogP contribution in [0, 0.1) is 0 Å². The van der Waals surface area contributed by atoms with E-state index >= 15 is 0 Å². The average molecular weight is 220 g/mol. The summed E-state index contributed by atoms with van der Waals surface area (Å²) in [5.74, 6) is 1.58. The number of H-pyrrole nitrogens is 1. The predicted octanol–water partition coefficient (Wildman–Crippen LogP) is 0.453. The molecule has 1 saturated heterocycles. The summed E-state index contributed by atoms with van der Waals surface area (Å²) in [6.45, 7) is 3.05. The van der Waals surface area contributed by atoms with Gasteiger partial charge in [0, 0.05) is 0 Å². The maximum Gasteiger partial charge on any atom is 0.247 e. The van der Waals surface area contributed by atoms with Crippen molar-refractivity contribution in [3.63, 3.8) is 0 Å². The van der Waals surface area contributed by atoms with Crippen LogP contribution in [0.2, 0.25) is 0 Å². The van der Waals surface area contributed by atoms with E-state index in [0.717, 1.165) is 19.4 Å². The number of aromatic amines is 1. The SMILES string of the molecule is CC1(c2nc(-c3ncn[nH]3)no2)CCCN1. The number of hydrogen-bond donors (Lipinski definition) is 2. The van der Waals surface area contributed by atoms with Crippen LogP contribution in [0.3, 0.4) is 0 Å². The van der Waals surface area contributed by atoms with Gasteiger partial charge in [-0.05, 0) is 26.3 Å². The highest BCUT2D eigenvalue weighted by Crippen LogP contribution is 2.29. The highest BCUT2D eigenvalue weighted by Gasteiger charge is 2.36. The van der Waals surface area contributed by atoms with Crippen LogP contribution in [-0.4, -0.2) is 31.9 Å². The standard InChI is InChI=1S/C9H12N6O/c1-9(3-2-4-11-9)8-13-7(15-16-8)6-10-5-12-14-6/h5,11H,2-4H2,1H3,(H,10,12,14). The minimum atomic E-state index is -0.203. The van der Waals surface area contributed by atoms with Crippen LogP contribution in [0.25, 0.3) is 11.6 Å². The predicted molar refractivity (Wildman–Crippen MR) is 54.3 cm³/mol. The number of aromatic nitrogens is 5. The van der Waals surface area contributed by atoms with Crippen molar-refractivity contribution in [2.45, 2.75) is 25.3 Å². The first-order chi connectivity index (χ1) is 7.78. The fraction of sp³-hybridized carbons (Fsp3) is 0.556. The van der Waals surface area contributed by atoms with Crippen LogP contribution in [0.15, 0.2) is 10.9 Å². The molecule has 2 aromatic rings. The monoisotopic (exact) mass is 220 g/mol. The van der Waals surface area contributed by atoms with Crippen LogP contribution >= 0.6 is 0 Å². The van der Waals surface area contributed by atoms with Gasteiger partial charge in [-0.3, -0.25) is 5.10 Å². The third kappa shape index (κ3) is 1.40. The summed E-state index contributed by atoms with van der Waals surface area (Å²) in [5.41, 5.74) is -0.203. The molecule has 84 valence electrons. The molecule has 7 nitrogen and oxygen atoms in total.